The van der Waals surface area contributed by atoms with Crippen LogP contribution in [0.3, 0.4) is 0 Å². The van der Waals surface area contributed by atoms with Gasteiger partial charge in [-0.25, -0.2) is 5.43 Å². The molecular weight excluding hydrogens is 240 g/mol. The molecule has 1 saturated carbocycles. The maximum Gasteiger partial charge on any atom is 0.191 e. The Morgan fingerprint density at radius 2 is 1.94 bits per heavy atom. The van der Waals surface area contributed by atoms with Gasteiger partial charge in [0.1, 0.15) is 6.17 Å². The van der Waals surface area contributed by atoms with Crippen molar-refractivity contribution in [1.82, 2.24) is 21.1 Å². The topological polar surface area (TPSA) is 39.3 Å². The van der Waals surface area contributed by atoms with Crippen LogP contribution >= 0.6 is 24.4 Å². The van der Waals surface area contributed by atoms with Gasteiger partial charge < -0.3 is 10.6 Å². The van der Waals surface area contributed by atoms with Crippen molar-refractivity contribution in [1.29, 1.82) is 0 Å². The molecule has 0 amide bonds. The van der Waals surface area contributed by atoms with E-state index in [0.717, 1.165) is 0 Å². The first-order chi connectivity index (χ1) is 7.66. The van der Waals surface area contributed by atoms with Gasteiger partial charge in [-0.15, -0.1) is 0 Å². The number of hydrazine groups is 1. The van der Waals surface area contributed by atoms with Crippen molar-refractivity contribution in [3.05, 3.63) is 0 Å². The molecule has 16 heavy (non-hydrogen) atoms. The van der Waals surface area contributed by atoms with Gasteiger partial charge >= 0.3 is 0 Å². The lowest BCUT2D eigenvalue weighted by Gasteiger charge is -2.40. The third-order valence-electron chi connectivity index (χ3n) is 3.09. The van der Waals surface area contributed by atoms with Crippen molar-refractivity contribution in [2.45, 2.75) is 51.2 Å². The van der Waals surface area contributed by atoms with Crippen LogP contribution in [0.15, 0.2) is 0 Å². The summed E-state index contributed by atoms with van der Waals surface area (Å²) in [5.74, 6) is 0. The maximum atomic E-state index is 5.27. The van der Waals surface area contributed by atoms with Crippen molar-refractivity contribution in [3.8, 4) is 0 Å². The fourth-order valence-electron chi connectivity index (χ4n) is 2.22. The van der Waals surface area contributed by atoms with Gasteiger partial charge in [0.05, 0.1) is 0 Å². The van der Waals surface area contributed by atoms with Crippen LogP contribution in [-0.4, -0.2) is 27.4 Å². The minimum absolute atomic E-state index is 0.114. The lowest BCUT2D eigenvalue weighted by Crippen LogP contribution is -2.67. The molecule has 3 N–H and O–H groups in total. The van der Waals surface area contributed by atoms with Crippen molar-refractivity contribution < 1.29 is 0 Å². The Hall–Kier alpha value is -0.460. The largest absolute Gasteiger partial charge is 0.341 e. The SMILES string of the molecule is CC1NC(=S)NC(=S)N1NC1CCCCC1. The van der Waals surface area contributed by atoms with Gasteiger partial charge in [-0.1, -0.05) is 19.3 Å². The van der Waals surface area contributed by atoms with Crippen LogP contribution in [0.2, 0.25) is 0 Å². The zero-order chi connectivity index (χ0) is 11.5. The molecule has 2 fully saturated rings. The normalized spacial score (nSPS) is 27.6. The van der Waals surface area contributed by atoms with E-state index in [9.17, 15) is 0 Å². The van der Waals surface area contributed by atoms with E-state index in [-0.39, 0.29) is 6.17 Å². The van der Waals surface area contributed by atoms with E-state index in [1.165, 1.54) is 32.1 Å². The van der Waals surface area contributed by atoms with Crippen LogP contribution < -0.4 is 16.1 Å². The summed E-state index contributed by atoms with van der Waals surface area (Å²) < 4.78 is 0. The van der Waals surface area contributed by atoms with Crippen LogP contribution in [-0.2, 0) is 0 Å². The monoisotopic (exact) mass is 258 g/mol. The van der Waals surface area contributed by atoms with Gasteiger partial charge in [0.15, 0.2) is 10.2 Å². The quantitative estimate of drug-likeness (QED) is 0.647. The van der Waals surface area contributed by atoms with Crippen LogP contribution in [0.25, 0.3) is 0 Å². The molecule has 0 spiro atoms. The molecule has 1 atom stereocenters. The summed E-state index contributed by atoms with van der Waals surface area (Å²) in [6, 6.07) is 0.546. The smallest absolute Gasteiger partial charge is 0.191 e. The highest BCUT2D eigenvalue weighted by molar-refractivity contribution is 7.81. The third kappa shape index (κ3) is 2.81. The first-order valence-corrected chi connectivity index (χ1v) is 6.65. The van der Waals surface area contributed by atoms with Gasteiger partial charge in [0.25, 0.3) is 0 Å². The van der Waals surface area contributed by atoms with Gasteiger partial charge in [-0.2, -0.15) is 0 Å². The first kappa shape index (κ1) is 12.0. The van der Waals surface area contributed by atoms with Crippen molar-refractivity contribution in [2.24, 2.45) is 0 Å². The third-order valence-corrected chi connectivity index (χ3v) is 3.61. The number of rotatable bonds is 2. The second-order valence-corrected chi connectivity index (χ2v) is 5.21. The second kappa shape index (κ2) is 5.25. The molecule has 0 radical (unpaired) electrons. The molecule has 1 heterocycles. The Balaban J connectivity index is 1.91. The van der Waals surface area contributed by atoms with Gasteiger partial charge in [0.2, 0.25) is 0 Å². The number of hydrogen-bond donors (Lipinski definition) is 3. The lowest BCUT2D eigenvalue weighted by molar-refractivity contribution is 0.165. The average molecular weight is 258 g/mol. The standard InChI is InChI=1S/C10H18N4S2/c1-7-11-9(15)12-10(16)14(7)13-8-5-3-2-4-6-8/h7-8,13H,2-6H2,1H3,(H2,11,12,15,16). The fraction of sp³-hybridized carbons (Fsp3) is 0.800. The highest BCUT2D eigenvalue weighted by Crippen LogP contribution is 2.18. The molecule has 0 aromatic rings. The molecular formula is C10H18N4S2. The molecule has 2 rings (SSSR count). The summed E-state index contributed by atoms with van der Waals surface area (Å²) in [5, 5.41) is 9.36. The van der Waals surface area contributed by atoms with Crippen LogP contribution in [0.5, 0.6) is 0 Å². The molecule has 6 heteroatoms. The molecule has 1 unspecified atom stereocenters. The van der Waals surface area contributed by atoms with Gasteiger partial charge in [0, 0.05) is 6.04 Å². The minimum atomic E-state index is 0.114. The lowest BCUT2D eigenvalue weighted by atomic mass is 9.96. The fourth-order valence-corrected chi connectivity index (χ4v) is 2.87. The number of hydrogen-bond acceptors (Lipinski definition) is 3. The summed E-state index contributed by atoms with van der Waals surface area (Å²) in [6.45, 7) is 2.05. The summed E-state index contributed by atoms with van der Waals surface area (Å²) >= 11 is 10.3. The van der Waals surface area contributed by atoms with Crippen molar-refractivity contribution in [3.63, 3.8) is 0 Å². The summed E-state index contributed by atoms with van der Waals surface area (Å²) in [5.41, 5.74) is 3.49. The molecule has 4 nitrogen and oxygen atoms in total. The van der Waals surface area contributed by atoms with E-state index < -0.39 is 0 Å². The Labute approximate surface area is 107 Å². The Morgan fingerprint density at radius 1 is 1.25 bits per heavy atom. The predicted octanol–water partition coefficient (Wildman–Crippen LogP) is 1.23. The van der Waals surface area contributed by atoms with E-state index in [1.807, 2.05) is 5.01 Å². The van der Waals surface area contributed by atoms with Gasteiger partial charge in [-0.05, 0) is 44.2 Å². The summed E-state index contributed by atoms with van der Waals surface area (Å²) in [4.78, 5) is 0. The van der Waals surface area contributed by atoms with Gasteiger partial charge in [-0.3, -0.25) is 5.01 Å². The van der Waals surface area contributed by atoms with E-state index in [1.54, 1.807) is 0 Å². The number of nitrogens with zero attached hydrogens (tertiary/aromatic N) is 1. The Bertz CT molecular complexity index is 289. The molecule has 1 saturated heterocycles. The highest BCUT2D eigenvalue weighted by Gasteiger charge is 2.26. The Kier molecular flexibility index (Phi) is 3.94. The zero-order valence-corrected chi connectivity index (χ0v) is 11.1. The molecule has 0 bridgehead atoms. The summed E-state index contributed by atoms with van der Waals surface area (Å²) in [7, 11) is 0. The van der Waals surface area contributed by atoms with E-state index >= 15 is 0 Å². The molecule has 1 aliphatic carbocycles. The van der Waals surface area contributed by atoms with E-state index in [4.69, 9.17) is 24.4 Å². The van der Waals surface area contributed by atoms with E-state index in [0.29, 0.717) is 16.3 Å². The van der Waals surface area contributed by atoms with Crippen molar-refractivity contribution in [2.75, 3.05) is 0 Å². The first-order valence-electron chi connectivity index (χ1n) is 5.83. The van der Waals surface area contributed by atoms with Crippen LogP contribution in [0.4, 0.5) is 0 Å². The Morgan fingerprint density at radius 3 is 2.56 bits per heavy atom. The molecule has 0 aromatic carbocycles. The molecule has 2 aliphatic rings. The molecule has 1 aliphatic heterocycles. The second-order valence-electron chi connectivity index (χ2n) is 4.41. The van der Waals surface area contributed by atoms with Crippen molar-refractivity contribution >= 4 is 34.7 Å². The number of thiocarbonyl (C=S) groups is 2. The number of nitrogens with one attached hydrogen (secondary N) is 3. The molecule has 0 aromatic heterocycles. The van der Waals surface area contributed by atoms with Crippen LogP contribution in [0, 0.1) is 0 Å². The average Bonchev–Trinajstić information content (AvgIpc) is 2.25. The highest BCUT2D eigenvalue weighted by atomic mass is 32.1. The maximum absolute atomic E-state index is 5.27. The van der Waals surface area contributed by atoms with Crippen LogP contribution in [0.1, 0.15) is 39.0 Å². The summed E-state index contributed by atoms with van der Waals surface area (Å²) in [6.07, 6.45) is 6.56. The predicted molar refractivity (Wildman–Crippen MR) is 72.8 cm³/mol. The molecule has 90 valence electrons. The minimum Gasteiger partial charge on any atom is -0.341 e. The van der Waals surface area contributed by atoms with E-state index in [2.05, 4.69) is 23.0 Å². The zero-order valence-electron chi connectivity index (χ0n) is 9.45.